The molecule has 1 saturated heterocycles. The third kappa shape index (κ3) is 4.04. The SMILES string of the molecule is C=CC[C@H]1OC(C)(C)O[C@@H]1[C@@H](CO)OCOC. The van der Waals surface area contributed by atoms with E-state index in [9.17, 15) is 5.11 Å². The first-order chi connectivity index (χ1) is 8.04. The summed E-state index contributed by atoms with van der Waals surface area (Å²) in [6.07, 6.45) is 1.50. The largest absolute Gasteiger partial charge is 0.394 e. The van der Waals surface area contributed by atoms with Crippen LogP contribution in [-0.4, -0.2) is 49.7 Å². The van der Waals surface area contributed by atoms with E-state index in [1.54, 1.807) is 6.08 Å². The number of rotatable bonds is 7. The minimum Gasteiger partial charge on any atom is -0.394 e. The van der Waals surface area contributed by atoms with Crippen molar-refractivity contribution in [2.75, 3.05) is 20.5 Å². The molecule has 5 heteroatoms. The zero-order valence-electron chi connectivity index (χ0n) is 10.7. The van der Waals surface area contributed by atoms with Gasteiger partial charge in [0.1, 0.15) is 19.0 Å². The topological polar surface area (TPSA) is 57.2 Å². The average molecular weight is 246 g/mol. The maximum atomic E-state index is 9.33. The second kappa shape index (κ2) is 6.47. The molecule has 1 aliphatic heterocycles. The van der Waals surface area contributed by atoms with E-state index in [4.69, 9.17) is 18.9 Å². The third-order valence-corrected chi connectivity index (χ3v) is 2.57. The van der Waals surface area contributed by atoms with Gasteiger partial charge < -0.3 is 24.1 Å². The van der Waals surface area contributed by atoms with Gasteiger partial charge in [0.25, 0.3) is 0 Å². The predicted octanol–water partition coefficient (Wildman–Crippen LogP) is 1.06. The van der Waals surface area contributed by atoms with E-state index in [1.807, 2.05) is 13.8 Å². The van der Waals surface area contributed by atoms with Crippen LogP contribution >= 0.6 is 0 Å². The molecular formula is C12H22O5. The molecule has 1 aliphatic rings. The molecule has 100 valence electrons. The molecule has 0 bridgehead atoms. The molecular weight excluding hydrogens is 224 g/mol. The number of hydrogen-bond donors (Lipinski definition) is 1. The molecule has 0 aromatic rings. The molecule has 17 heavy (non-hydrogen) atoms. The highest BCUT2D eigenvalue weighted by Gasteiger charge is 2.44. The van der Waals surface area contributed by atoms with Crippen molar-refractivity contribution in [3.05, 3.63) is 12.7 Å². The van der Waals surface area contributed by atoms with E-state index >= 15 is 0 Å². The Morgan fingerprint density at radius 1 is 1.47 bits per heavy atom. The summed E-state index contributed by atoms with van der Waals surface area (Å²) in [5.41, 5.74) is 0. The first-order valence-electron chi connectivity index (χ1n) is 5.72. The molecule has 1 rings (SSSR count). The summed E-state index contributed by atoms with van der Waals surface area (Å²) in [5.74, 6) is -0.664. The Morgan fingerprint density at radius 2 is 2.18 bits per heavy atom. The highest BCUT2D eigenvalue weighted by Crippen LogP contribution is 2.32. The summed E-state index contributed by atoms with van der Waals surface area (Å²) < 4.78 is 21.7. The average Bonchev–Trinajstić information content (AvgIpc) is 2.56. The maximum absolute atomic E-state index is 9.33. The lowest BCUT2D eigenvalue weighted by Gasteiger charge is -2.24. The molecule has 0 aromatic heterocycles. The van der Waals surface area contributed by atoms with Crippen molar-refractivity contribution in [3.63, 3.8) is 0 Å². The number of ether oxygens (including phenoxy) is 4. The monoisotopic (exact) mass is 246 g/mol. The first-order valence-corrected chi connectivity index (χ1v) is 5.72. The molecule has 1 heterocycles. The van der Waals surface area contributed by atoms with Crippen LogP contribution in [0, 0.1) is 0 Å². The summed E-state index contributed by atoms with van der Waals surface area (Å²) in [4.78, 5) is 0. The standard InChI is InChI=1S/C12H22O5/c1-5-6-9-11(17-12(2,3)16-9)10(7-13)15-8-14-4/h5,9-11,13H,1,6-8H2,2-4H3/t9-,10-,11+/m1/s1. The predicted molar refractivity (Wildman–Crippen MR) is 62.5 cm³/mol. The van der Waals surface area contributed by atoms with Gasteiger partial charge in [0.2, 0.25) is 0 Å². The second-order valence-electron chi connectivity index (χ2n) is 4.46. The zero-order chi connectivity index (χ0) is 12.9. The molecule has 0 aliphatic carbocycles. The van der Waals surface area contributed by atoms with Crippen molar-refractivity contribution in [1.29, 1.82) is 0 Å². The van der Waals surface area contributed by atoms with Gasteiger partial charge in [0.05, 0.1) is 12.7 Å². The lowest BCUT2D eigenvalue weighted by molar-refractivity contribution is -0.175. The Morgan fingerprint density at radius 3 is 2.71 bits per heavy atom. The van der Waals surface area contributed by atoms with Crippen LogP contribution in [0.1, 0.15) is 20.3 Å². The van der Waals surface area contributed by atoms with Gasteiger partial charge in [-0.3, -0.25) is 0 Å². The minimum absolute atomic E-state index is 0.117. The Balaban J connectivity index is 2.66. The van der Waals surface area contributed by atoms with Crippen LogP contribution in [0.3, 0.4) is 0 Å². The van der Waals surface area contributed by atoms with Gasteiger partial charge >= 0.3 is 0 Å². The molecule has 3 atom stereocenters. The summed E-state index contributed by atoms with van der Waals surface area (Å²) in [6, 6.07) is 0. The Hall–Kier alpha value is -0.460. The molecule has 0 saturated carbocycles. The van der Waals surface area contributed by atoms with E-state index in [-0.39, 0.29) is 25.6 Å². The van der Waals surface area contributed by atoms with Crippen molar-refractivity contribution < 1.29 is 24.1 Å². The fraction of sp³-hybridized carbons (Fsp3) is 0.833. The second-order valence-corrected chi connectivity index (χ2v) is 4.46. The molecule has 5 nitrogen and oxygen atoms in total. The minimum atomic E-state index is -0.664. The maximum Gasteiger partial charge on any atom is 0.163 e. The normalized spacial score (nSPS) is 29.2. The van der Waals surface area contributed by atoms with E-state index in [0.29, 0.717) is 6.42 Å². The molecule has 0 radical (unpaired) electrons. The van der Waals surface area contributed by atoms with E-state index in [2.05, 4.69) is 6.58 Å². The fourth-order valence-corrected chi connectivity index (χ4v) is 1.93. The van der Waals surface area contributed by atoms with Gasteiger partial charge in [-0.1, -0.05) is 6.08 Å². The van der Waals surface area contributed by atoms with Crippen LogP contribution in [-0.2, 0) is 18.9 Å². The van der Waals surface area contributed by atoms with E-state index in [1.165, 1.54) is 7.11 Å². The van der Waals surface area contributed by atoms with Crippen molar-refractivity contribution >= 4 is 0 Å². The summed E-state index contributed by atoms with van der Waals surface area (Å²) in [5, 5.41) is 9.33. The third-order valence-electron chi connectivity index (χ3n) is 2.57. The van der Waals surface area contributed by atoms with Gasteiger partial charge in [-0.15, -0.1) is 6.58 Å². The van der Waals surface area contributed by atoms with Crippen molar-refractivity contribution in [2.45, 2.75) is 44.4 Å². The van der Waals surface area contributed by atoms with Gasteiger partial charge in [-0.25, -0.2) is 0 Å². The van der Waals surface area contributed by atoms with Crippen LogP contribution in [0.2, 0.25) is 0 Å². The smallest absolute Gasteiger partial charge is 0.163 e. The quantitative estimate of drug-likeness (QED) is 0.538. The van der Waals surface area contributed by atoms with E-state index in [0.717, 1.165) is 0 Å². The van der Waals surface area contributed by atoms with Gasteiger partial charge in [-0.05, 0) is 20.3 Å². The van der Waals surface area contributed by atoms with Crippen molar-refractivity contribution in [3.8, 4) is 0 Å². The van der Waals surface area contributed by atoms with Gasteiger partial charge in [0.15, 0.2) is 5.79 Å². The lowest BCUT2D eigenvalue weighted by atomic mass is 10.1. The molecule has 0 amide bonds. The van der Waals surface area contributed by atoms with Crippen LogP contribution in [0.5, 0.6) is 0 Å². The Labute approximate surface area is 102 Å². The highest BCUT2D eigenvalue weighted by atomic mass is 16.8. The molecule has 0 aromatic carbocycles. The number of hydrogen-bond acceptors (Lipinski definition) is 5. The van der Waals surface area contributed by atoms with Gasteiger partial charge in [0, 0.05) is 7.11 Å². The highest BCUT2D eigenvalue weighted by molar-refractivity contribution is 4.90. The van der Waals surface area contributed by atoms with Crippen LogP contribution in [0.4, 0.5) is 0 Å². The Bertz CT molecular complexity index is 241. The molecule has 0 spiro atoms. The van der Waals surface area contributed by atoms with Crippen LogP contribution in [0.15, 0.2) is 12.7 Å². The summed E-state index contributed by atoms with van der Waals surface area (Å²) in [7, 11) is 1.53. The first kappa shape index (κ1) is 14.6. The lowest BCUT2D eigenvalue weighted by Crippen LogP contribution is -2.40. The summed E-state index contributed by atoms with van der Waals surface area (Å²) in [6.45, 7) is 7.35. The number of aliphatic hydroxyl groups excluding tert-OH is 1. The van der Waals surface area contributed by atoms with Crippen LogP contribution < -0.4 is 0 Å². The molecule has 1 N–H and O–H groups in total. The van der Waals surface area contributed by atoms with Crippen LogP contribution in [0.25, 0.3) is 0 Å². The zero-order valence-corrected chi connectivity index (χ0v) is 10.7. The molecule has 1 fully saturated rings. The number of aliphatic hydroxyl groups is 1. The number of methoxy groups -OCH3 is 1. The fourth-order valence-electron chi connectivity index (χ4n) is 1.93. The van der Waals surface area contributed by atoms with Crippen molar-refractivity contribution in [1.82, 2.24) is 0 Å². The molecule has 0 unspecified atom stereocenters. The van der Waals surface area contributed by atoms with Crippen molar-refractivity contribution in [2.24, 2.45) is 0 Å². The summed E-state index contributed by atoms with van der Waals surface area (Å²) >= 11 is 0. The van der Waals surface area contributed by atoms with E-state index < -0.39 is 11.9 Å². The Kier molecular flexibility index (Phi) is 5.55. The van der Waals surface area contributed by atoms with Gasteiger partial charge in [-0.2, -0.15) is 0 Å².